The molecule has 1 aromatic rings. The van der Waals surface area contributed by atoms with Gasteiger partial charge in [-0.2, -0.15) is 0 Å². The molecule has 1 saturated heterocycles. The van der Waals surface area contributed by atoms with E-state index >= 15 is 0 Å². The molecule has 2 rings (SSSR count). The van der Waals surface area contributed by atoms with E-state index in [0.29, 0.717) is 18.7 Å². The Balaban J connectivity index is 1.97. The summed E-state index contributed by atoms with van der Waals surface area (Å²) in [6.45, 7) is 4.43. The fourth-order valence-corrected chi connectivity index (χ4v) is 2.39. The van der Waals surface area contributed by atoms with Crippen LogP contribution in [0.2, 0.25) is 0 Å². The summed E-state index contributed by atoms with van der Waals surface area (Å²) in [5.41, 5.74) is 0.788. The number of hydrogen-bond acceptors (Lipinski definition) is 3. The predicted octanol–water partition coefficient (Wildman–Crippen LogP) is 1.90. The highest BCUT2D eigenvalue weighted by Crippen LogP contribution is 2.25. The topological polar surface area (TPSA) is 70.7 Å². The molecule has 1 heterocycles. The van der Waals surface area contributed by atoms with Crippen molar-refractivity contribution in [1.29, 1.82) is 0 Å². The number of urea groups is 1. The van der Waals surface area contributed by atoms with Crippen molar-refractivity contribution in [2.75, 3.05) is 18.6 Å². The van der Waals surface area contributed by atoms with Gasteiger partial charge in [0.1, 0.15) is 5.75 Å². The lowest BCUT2D eigenvalue weighted by molar-refractivity contribution is -0.117. The maximum absolute atomic E-state index is 12.2. The molecule has 2 atom stereocenters. The van der Waals surface area contributed by atoms with Gasteiger partial charge in [0, 0.05) is 30.8 Å². The molecule has 1 aromatic carbocycles. The largest absolute Gasteiger partial charge is 0.497 e. The standard InChI is InChI=1S/C16H23N3O3/c1-4-11(2)17-16(21)18-12-8-15(20)19(10-12)13-6-5-7-14(9-13)22-3/h5-7,9,11-12H,4,8,10H2,1-3H3,(H2,17,18,21)/t11-,12+/m0/s1. The number of amides is 3. The van der Waals surface area contributed by atoms with Crippen molar-refractivity contribution in [1.82, 2.24) is 10.6 Å². The second kappa shape index (κ2) is 7.15. The molecule has 0 aliphatic carbocycles. The quantitative estimate of drug-likeness (QED) is 0.873. The van der Waals surface area contributed by atoms with Crippen LogP contribution in [-0.2, 0) is 4.79 Å². The van der Waals surface area contributed by atoms with E-state index in [1.807, 2.05) is 38.1 Å². The van der Waals surface area contributed by atoms with Crippen LogP contribution in [0, 0.1) is 0 Å². The minimum Gasteiger partial charge on any atom is -0.497 e. The summed E-state index contributed by atoms with van der Waals surface area (Å²) in [6.07, 6.45) is 1.18. The van der Waals surface area contributed by atoms with Crippen molar-refractivity contribution in [3.05, 3.63) is 24.3 Å². The zero-order valence-corrected chi connectivity index (χ0v) is 13.3. The Labute approximate surface area is 130 Å². The van der Waals surface area contributed by atoms with Crippen LogP contribution in [-0.4, -0.2) is 37.7 Å². The molecule has 1 fully saturated rings. The number of methoxy groups -OCH3 is 1. The fourth-order valence-electron chi connectivity index (χ4n) is 2.39. The zero-order chi connectivity index (χ0) is 16.1. The number of rotatable bonds is 5. The normalized spacial score (nSPS) is 19.0. The molecule has 6 heteroatoms. The van der Waals surface area contributed by atoms with Gasteiger partial charge in [0.05, 0.1) is 13.2 Å². The van der Waals surface area contributed by atoms with E-state index in [0.717, 1.165) is 12.1 Å². The number of nitrogens with one attached hydrogen (secondary N) is 2. The van der Waals surface area contributed by atoms with Gasteiger partial charge in [0.25, 0.3) is 0 Å². The third kappa shape index (κ3) is 3.90. The lowest BCUT2D eigenvalue weighted by atomic mass is 10.2. The van der Waals surface area contributed by atoms with Gasteiger partial charge in [-0.25, -0.2) is 4.79 Å². The van der Waals surface area contributed by atoms with Crippen molar-refractivity contribution < 1.29 is 14.3 Å². The summed E-state index contributed by atoms with van der Waals surface area (Å²) >= 11 is 0. The molecule has 2 N–H and O–H groups in total. The van der Waals surface area contributed by atoms with E-state index in [1.165, 1.54) is 0 Å². The number of benzene rings is 1. The Bertz CT molecular complexity index is 547. The van der Waals surface area contributed by atoms with Crippen molar-refractivity contribution in [3.8, 4) is 5.75 Å². The second-order valence-electron chi connectivity index (χ2n) is 5.53. The first-order valence-electron chi connectivity index (χ1n) is 7.55. The SMILES string of the molecule is CC[C@H](C)NC(=O)N[C@@H]1CC(=O)N(c2cccc(OC)c2)C1. The van der Waals surface area contributed by atoms with Gasteiger partial charge in [0.15, 0.2) is 0 Å². The Morgan fingerprint density at radius 1 is 1.50 bits per heavy atom. The highest BCUT2D eigenvalue weighted by molar-refractivity contribution is 5.97. The van der Waals surface area contributed by atoms with Gasteiger partial charge in [-0.05, 0) is 25.5 Å². The number of ether oxygens (including phenoxy) is 1. The molecule has 0 radical (unpaired) electrons. The van der Waals surface area contributed by atoms with E-state index in [9.17, 15) is 9.59 Å². The highest BCUT2D eigenvalue weighted by atomic mass is 16.5. The van der Waals surface area contributed by atoms with Crippen LogP contribution in [0.25, 0.3) is 0 Å². The maximum Gasteiger partial charge on any atom is 0.315 e. The lowest BCUT2D eigenvalue weighted by Gasteiger charge is -2.19. The monoisotopic (exact) mass is 305 g/mol. The van der Waals surface area contributed by atoms with Crippen molar-refractivity contribution in [2.24, 2.45) is 0 Å². The first-order chi connectivity index (χ1) is 10.5. The van der Waals surface area contributed by atoms with E-state index in [-0.39, 0.29) is 24.0 Å². The van der Waals surface area contributed by atoms with Crippen molar-refractivity contribution in [3.63, 3.8) is 0 Å². The second-order valence-corrected chi connectivity index (χ2v) is 5.53. The fraction of sp³-hybridized carbons (Fsp3) is 0.500. The molecule has 1 aliphatic rings. The summed E-state index contributed by atoms with van der Waals surface area (Å²) in [7, 11) is 1.59. The minimum absolute atomic E-state index is 0.00194. The van der Waals surface area contributed by atoms with Crippen molar-refractivity contribution in [2.45, 2.75) is 38.8 Å². The van der Waals surface area contributed by atoms with Gasteiger partial charge >= 0.3 is 6.03 Å². The minimum atomic E-state index is -0.223. The number of nitrogens with zero attached hydrogens (tertiary/aromatic N) is 1. The van der Waals surface area contributed by atoms with Crippen LogP contribution in [0.15, 0.2) is 24.3 Å². The number of hydrogen-bond donors (Lipinski definition) is 2. The Hall–Kier alpha value is -2.24. The van der Waals surface area contributed by atoms with Gasteiger partial charge in [-0.15, -0.1) is 0 Å². The molecule has 0 saturated carbocycles. The zero-order valence-electron chi connectivity index (χ0n) is 13.3. The number of carbonyl (C=O) groups is 2. The molecule has 1 aliphatic heterocycles. The summed E-state index contributed by atoms with van der Waals surface area (Å²) in [5.74, 6) is 0.707. The average molecular weight is 305 g/mol. The third-order valence-corrected chi connectivity index (χ3v) is 3.82. The first-order valence-corrected chi connectivity index (χ1v) is 7.55. The molecule has 120 valence electrons. The summed E-state index contributed by atoms with van der Waals surface area (Å²) in [4.78, 5) is 25.7. The van der Waals surface area contributed by atoms with E-state index < -0.39 is 0 Å². The van der Waals surface area contributed by atoms with Gasteiger partial charge in [-0.1, -0.05) is 13.0 Å². The molecule has 22 heavy (non-hydrogen) atoms. The Morgan fingerprint density at radius 2 is 2.27 bits per heavy atom. The van der Waals surface area contributed by atoms with Crippen LogP contribution in [0.4, 0.5) is 10.5 Å². The van der Waals surface area contributed by atoms with Crippen LogP contribution >= 0.6 is 0 Å². The number of carbonyl (C=O) groups excluding carboxylic acids is 2. The molecule has 3 amide bonds. The van der Waals surface area contributed by atoms with Crippen molar-refractivity contribution >= 4 is 17.6 Å². The highest BCUT2D eigenvalue weighted by Gasteiger charge is 2.31. The first kappa shape index (κ1) is 16.1. The Kier molecular flexibility index (Phi) is 5.25. The van der Waals surface area contributed by atoms with Gasteiger partial charge in [-0.3, -0.25) is 4.79 Å². The Morgan fingerprint density at radius 3 is 2.95 bits per heavy atom. The van der Waals surface area contributed by atoms with E-state index in [1.54, 1.807) is 12.0 Å². The van der Waals surface area contributed by atoms with Gasteiger partial charge < -0.3 is 20.3 Å². The van der Waals surface area contributed by atoms with E-state index in [4.69, 9.17) is 4.74 Å². The smallest absolute Gasteiger partial charge is 0.315 e. The molecule has 0 unspecified atom stereocenters. The molecule has 0 bridgehead atoms. The molecule has 6 nitrogen and oxygen atoms in total. The summed E-state index contributed by atoms with van der Waals surface area (Å²) in [6, 6.07) is 7.08. The van der Waals surface area contributed by atoms with Gasteiger partial charge in [0.2, 0.25) is 5.91 Å². The summed E-state index contributed by atoms with van der Waals surface area (Å²) in [5, 5.41) is 5.70. The average Bonchev–Trinajstić information content (AvgIpc) is 2.87. The van der Waals surface area contributed by atoms with Crippen LogP contribution in [0.5, 0.6) is 5.75 Å². The van der Waals surface area contributed by atoms with Crippen LogP contribution < -0.4 is 20.3 Å². The molecule has 0 spiro atoms. The predicted molar refractivity (Wildman–Crippen MR) is 85.2 cm³/mol. The maximum atomic E-state index is 12.2. The molecule has 0 aromatic heterocycles. The molecular formula is C16H23N3O3. The third-order valence-electron chi connectivity index (χ3n) is 3.82. The lowest BCUT2D eigenvalue weighted by Crippen LogP contribution is -2.46. The van der Waals surface area contributed by atoms with Crippen LogP contribution in [0.1, 0.15) is 26.7 Å². The molecular weight excluding hydrogens is 282 g/mol. The number of anilines is 1. The van der Waals surface area contributed by atoms with Crippen LogP contribution in [0.3, 0.4) is 0 Å². The summed E-state index contributed by atoms with van der Waals surface area (Å²) < 4.78 is 5.18. The van der Waals surface area contributed by atoms with E-state index in [2.05, 4.69) is 10.6 Å².